The number of phenolic OH excluding ortho intramolecular Hbond substituents is 1. The smallest absolute Gasteiger partial charge is 0.234 e. The molecule has 0 saturated carbocycles. The number of benzene rings is 1. The summed E-state index contributed by atoms with van der Waals surface area (Å²) < 4.78 is 23.3. The molecule has 7 heteroatoms. The van der Waals surface area contributed by atoms with Crippen LogP contribution >= 0.6 is 11.8 Å². The first-order valence-corrected chi connectivity index (χ1v) is 10.3. The Bertz CT molecular complexity index is 670. The summed E-state index contributed by atoms with van der Waals surface area (Å²) in [6.07, 6.45) is 0.454. The Morgan fingerprint density at radius 3 is 2.39 bits per heavy atom. The van der Waals surface area contributed by atoms with Crippen LogP contribution in [0, 0.1) is 5.92 Å². The average Bonchev–Trinajstić information content (AvgIpc) is 2.71. The summed E-state index contributed by atoms with van der Waals surface area (Å²) in [5.74, 6) is 0.262. The van der Waals surface area contributed by atoms with Crippen LogP contribution in [0.1, 0.15) is 27.2 Å². The number of nitrogens with one attached hydrogen (secondary N) is 1. The number of rotatable bonds is 5. The van der Waals surface area contributed by atoms with Gasteiger partial charge in [-0.05, 0) is 43.5 Å². The highest BCUT2D eigenvalue weighted by molar-refractivity contribution is 8.00. The zero-order valence-corrected chi connectivity index (χ0v) is 15.2. The van der Waals surface area contributed by atoms with Gasteiger partial charge in [0.25, 0.3) is 0 Å². The van der Waals surface area contributed by atoms with Crippen molar-refractivity contribution in [3.63, 3.8) is 0 Å². The van der Waals surface area contributed by atoms with E-state index in [1.807, 2.05) is 13.8 Å². The van der Waals surface area contributed by atoms with Gasteiger partial charge in [-0.15, -0.1) is 11.8 Å². The number of carbonyl (C=O) groups excluding carboxylic acids is 1. The maximum absolute atomic E-state index is 12.7. The Balaban J connectivity index is 2.08. The molecular formula is C16H23NO4S2. The molecule has 0 unspecified atom stereocenters. The second kappa shape index (κ2) is 6.73. The number of hydrogen-bond acceptors (Lipinski definition) is 5. The van der Waals surface area contributed by atoms with Crippen LogP contribution in [-0.4, -0.2) is 41.7 Å². The molecule has 1 fully saturated rings. The number of phenols is 1. The number of thioether (sulfide) groups is 1. The maximum atomic E-state index is 12.7. The van der Waals surface area contributed by atoms with Crippen LogP contribution in [0.3, 0.4) is 0 Å². The van der Waals surface area contributed by atoms with Gasteiger partial charge in [0.1, 0.15) is 5.75 Å². The van der Waals surface area contributed by atoms with Crippen molar-refractivity contribution in [1.29, 1.82) is 0 Å². The predicted octanol–water partition coefficient (Wildman–Crippen LogP) is 2.20. The third kappa shape index (κ3) is 4.88. The van der Waals surface area contributed by atoms with Crippen molar-refractivity contribution >= 4 is 27.5 Å². The molecule has 0 bridgehead atoms. The van der Waals surface area contributed by atoms with Gasteiger partial charge in [-0.2, -0.15) is 0 Å². The molecule has 1 amide bonds. The van der Waals surface area contributed by atoms with E-state index in [2.05, 4.69) is 5.32 Å². The summed E-state index contributed by atoms with van der Waals surface area (Å²) in [4.78, 5) is 13.5. The monoisotopic (exact) mass is 357 g/mol. The number of aromatic hydroxyl groups is 1. The molecule has 5 nitrogen and oxygen atoms in total. The zero-order valence-electron chi connectivity index (χ0n) is 13.6. The quantitative estimate of drug-likeness (QED) is 0.790. The molecule has 2 rings (SSSR count). The van der Waals surface area contributed by atoms with Crippen molar-refractivity contribution in [1.82, 2.24) is 5.32 Å². The second-order valence-electron chi connectivity index (χ2n) is 6.67. The summed E-state index contributed by atoms with van der Waals surface area (Å²) in [5, 5.41) is 12.0. The third-order valence-corrected chi connectivity index (χ3v) is 7.35. The normalized spacial score (nSPS) is 24.5. The Morgan fingerprint density at radius 2 is 1.91 bits per heavy atom. The largest absolute Gasteiger partial charge is 0.508 e. The molecular weight excluding hydrogens is 334 g/mol. The Labute approximate surface area is 141 Å². The van der Waals surface area contributed by atoms with E-state index in [4.69, 9.17) is 0 Å². The minimum atomic E-state index is -3.06. The predicted molar refractivity (Wildman–Crippen MR) is 92.4 cm³/mol. The first-order chi connectivity index (χ1) is 10.6. The molecule has 1 heterocycles. The topological polar surface area (TPSA) is 83.5 Å². The Kier molecular flexibility index (Phi) is 5.30. The standard InChI is InChI=1S/C16H23NO4S2/c1-11(2)14(22-13-6-4-12(18)5-7-13)15(19)17-16(3)8-9-23(20,21)10-16/h4-7,11,14,18H,8-10H2,1-3H3,(H,17,19)/t14-,16+/m0/s1. The van der Waals surface area contributed by atoms with Crippen molar-refractivity contribution < 1.29 is 18.3 Å². The van der Waals surface area contributed by atoms with Crippen molar-refractivity contribution in [2.45, 2.75) is 42.9 Å². The van der Waals surface area contributed by atoms with Crippen LogP contribution in [-0.2, 0) is 14.6 Å². The second-order valence-corrected chi connectivity index (χ2v) is 10.1. The average molecular weight is 357 g/mol. The molecule has 1 aromatic carbocycles. The molecule has 23 heavy (non-hydrogen) atoms. The van der Waals surface area contributed by atoms with E-state index in [0.717, 1.165) is 4.90 Å². The van der Waals surface area contributed by atoms with Gasteiger partial charge in [0.2, 0.25) is 5.91 Å². The Hall–Kier alpha value is -1.21. The number of hydrogen-bond donors (Lipinski definition) is 2. The SMILES string of the molecule is CC(C)[C@H](Sc1ccc(O)cc1)C(=O)N[C@]1(C)CCS(=O)(=O)C1. The van der Waals surface area contributed by atoms with Gasteiger partial charge >= 0.3 is 0 Å². The highest BCUT2D eigenvalue weighted by Crippen LogP contribution is 2.31. The molecule has 2 N–H and O–H groups in total. The fraction of sp³-hybridized carbons (Fsp3) is 0.562. The summed E-state index contributed by atoms with van der Waals surface area (Å²) in [7, 11) is -3.06. The van der Waals surface area contributed by atoms with Crippen LogP contribution in [0.4, 0.5) is 0 Å². The molecule has 0 aromatic heterocycles. The maximum Gasteiger partial charge on any atom is 0.234 e. The van der Waals surface area contributed by atoms with Gasteiger partial charge in [-0.25, -0.2) is 8.42 Å². The molecule has 1 aromatic rings. The zero-order chi connectivity index (χ0) is 17.3. The summed E-state index contributed by atoms with van der Waals surface area (Å²) in [6.45, 7) is 5.72. The molecule has 1 aliphatic heterocycles. The van der Waals surface area contributed by atoms with Crippen molar-refractivity contribution in [3.05, 3.63) is 24.3 Å². The van der Waals surface area contributed by atoms with Crippen molar-refractivity contribution in [2.75, 3.05) is 11.5 Å². The summed E-state index contributed by atoms with van der Waals surface area (Å²) >= 11 is 1.42. The highest BCUT2D eigenvalue weighted by Gasteiger charge is 2.40. The minimum absolute atomic E-state index is 0.000428. The van der Waals surface area contributed by atoms with E-state index < -0.39 is 15.4 Å². The lowest BCUT2D eigenvalue weighted by Crippen LogP contribution is -2.50. The molecule has 2 atom stereocenters. The van der Waals surface area contributed by atoms with Crippen molar-refractivity contribution in [2.24, 2.45) is 5.92 Å². The minimum Gasteiger partial charge on any atom is -0.508 e. The highest BCUT2D eigenvalue weighted by atomic mass is 32.2. The lowest BCUT2D eigenvalue weighted by atomic mass is 10.0. The van der Waals surface area contributed by atoms with E-state index in [1.54, 1.807) is 31.2 Å². The van der Waals surface area contributed by atoms with Gasteiger partial charge in [0.15, 0.2) is 9.84 Å². The number of amides is 1. The van der Waals surface area contributed by atoms with Gasteiger partial charge < -0.3 is 10.4 Å². The van der Waals surface area contributed by atoms with Crippen LogP contribution in [0.2, 0.25) is 0 Å². The Morgan fingerprint density at radius 1 is 1.30 bits per heavy atom. The lowest BCUT2D eigenvalue weighted by Gasteiger charge is -2.28. The van der Waals surface area contributed by atoms with E-state index in [9.17, 15) is 18.3 Å². The van der Waals surface area contributed by atoms with Crippen LogP contribution < -0.4 is 5.32 Å². The lowest BCUT2D eigenvalue weighted by molar-refractivity contribution is -0.122. The van der Waals surface area contributed by atoms with Gasteiger partial charge in [-0.1, -0.05) is 13.8 Å². The molecule has 0 spiro atoms. The molecule has 1 saturated heterocycles. The van der Waals surface area contributed by atoms with E-state index in [1.165, 1.54) is 11.8 Å². The van der Waals surface area contributed by atoms with Gasteiger partial charge in [-0.3, -0.25) is 4.79 Å². The molecule has 0 radical (unpaired) electrons. The number of sulfone groups is 1. The van der Waals surface area contributed by atoms with Crippen LogP contribution in [0.25, 0.3) is 0 Å². The van der Waals surface area contributed by atoms with Crippen molar-refractivity contribution in [3.8, 4) is 5.75 Å². The van der Waals surface area contributed by atoms with Crippen LogP contribution in [0.15, 0.2) is 29.2 Å². The van der Waals surface area contributed by atoms with Gasteiger partial charge in [0.05, 0.1) is 22.3 Å². The molecule has 1 aliphatic rings. The first-order valence-electron chi connectivity index (χ1n) is 7.58. The number of carbonyl (C=O) groups is 1. The first kappa shape index (κ1) is 18.1. The fourth-order valence-electron chi connectivity index (χ4n) is 2.64. The van der Waals surface area contributed by atoms with Gasteiger partial charge in [0, 0.05) is 4.90 Å². The van der Waals surface area contributed by atoms with E-state index in [0.29, 0.717) is 6.42 Å². The molecule has 128 valence electrons. The van der Waals surface area contributed by atoms with Crippen LogP contribution in [0.5, 0.6) is 5.75 Å². The summed E-state index contributed by atoms with van der Waals surface area (Å²) in [6, 6.07) is 6.71. The molecule has 0 aliphatic carbocycles. The fourth-order valence-corrected chi connectivity index (χ4v) is 5.76. The van der Waals surface area contributed by atoms with E-state index in [-0.39, 0.29) is 34.3 Å². The van der Waals surface area contributed by atoms with E-state index >= 15 is 0 Å². The third-order valence-electron chi connectivity index (χ3n) is 3.89. The summed E-state index contributed by atoms with van der Waals surface area (Å²) in [5.41, 5.74) is -0.682.